The molecule has 230 valence electrons. The Morgan fingerprint density at radius 2 is 1.40 bits per heavy atom. The number of phenolic OH excluding ortho intramolecular Hbond substituents is 2. The lowest BCUT2D eigenvalue weighted by Gasteiger charge is -2.45. The number of rotatable bonds is 6. The van der Waals surface area contributed by atoms with Gasteiger partial charge in [0.2, 0.25) is 17.5 Å². The van der Waals surface area contributed by atoms with Crippen LogP contribution >= 0.6 is 0 Å². The molecule has 0 saturated carbocycles. The Balaban J connectivity index is 1.48. The molecule has 42 heavy (non-hydrogen) atoms. The van der Waals surface area contributed by atoms with Crippen LogP contribution in [-0.4, -0.2) is 111 Å². The van der Waals surface area contributed by atoms with Crippen molar-refractivity contribution < 1.29 is 68.6 Å². The highest BCUT2D eigenvalue weighted by molar-refractivity contribution is 5.96. The molecule has 15 heteroatoms. The number of ether oxygens (including phenoxy) is 6. The first kappa shape index (κ1) is 30.1. The highest BCUT2D eigenvalue weighted by Gasteiger charge is 2.50. The Morgan fingerprint density at radius 3 is 2.07 bits per heavy atom. The number of aliphatic hydroxyl groups is 5. The van der Waals surface area contributed by atoms with E-state index in [9.17, 15) is 40.5 Å². The Kier molecular flexibility index (Phi) is 8.12. The molecule has 0 bridgehead atoms. The summed E-state index contributed by atoms with van der Waals surface area (Å²) in [6.45, 7) is 2.94. The first-order valence-corrected chi connectivity index (χ1v) is 13.0. The summed E-state index contributed by atoms with van der Waals surface area (Å²) in [5, 5.41) is 72.6. The molecule has 2 aliphatic rings. The van der Waals surface area contributed by atoms with Crippen molar-refractivity contribution in [3.05, 3.63) is 28.4 Å². The van der Waals surface area contributed by atoms with Crippen molar-refractivity contribution in [1.29, 1.82) is 0 Å². The highest BCUT2D eigenvalue weighted by Crippen LogP contribution is 2.43. The second-order valence-corrected chi connectivity index (χ2v) is 10.2. The van der Waals surface area contributed by atoms with Crippen LogP contribution in [0.4, 0.5) is 0 Å². The number of aromatic hydroxyl groups is 2. The van der Waals surface area contributed by atoms with Crippen LogP contribution in [0.1, 0.15) is 13.8 Å². The molecule has 2 saturated heterocycles. The molecule has 0 amide bonds. The molecule has 5 rings (SSSR count). The lowest BCUT2D eigenvalue weighted by Crippen LogP contribution is -2.63. The fraction of sp³-hybridized carbons (Fsp3) is 0.519. The highest BCUT2D eigenvalue weighted by atomic mass is 16.7. The van der Waals surface area contributed by atoms with Gasteiger partial charge in [0, 0.05) is 12.1 Å². The minimum absolute atomic E-state index is 0.0110. The zero-order chi connectivity index (χ0) is 30.6. The molecular formula is C27H32O15. The summed E-state index contributed by atoms with van der Waals surface area (Å²) in [7, 11) is 2.51. The summed E-state index contributed by atoms with van der Waals surface area (Å²) < 4.78 is 38.8. The van der Waals surface area contributed by atoms with Gasteiger partial charge in [-0.2, -0.15) is 0 Å². The van der Waals surface area contributed by atoms with E-state index in [0.717, 1.165) is 6.07 Å². The van der Waals surface area contributed by atoms with Crippen LogP contribution in [0, 0.1) is 0 Å². The van der Waals surface area contributed by atoms with Crippen LogP contribution in [0.15, 0.2) is 27.4 Å². The van der Waals surface area contributed by atoms with Crippen LogP contribution in [0.3, 0.4) is 0 Å². The number of phenols is 2. The van der Waals surface area contributed by atoms with Gasteiger partial charge in [-0.15, -0.1) is 0 Å². The minimum Gasteiger partial charge on any atom is -0.504 e. The van der Waals surface area contributed by atoms with E-state index in [2.05, 4.69) is 0 Å². The lowest BCUT2D eigenvalue weighted by atomic mass is 9.97. The molecule has 7 N–H and O–H groups in total. The van der Waals surface area contributed by atoms with Gasteiger partial charge in [-0.05, 0) is 19.9 Å². The molecule has 3 heterocycles. The Bertz CT molecular complexity index is 1520. The monoisotopic (exact) mass is 596 g/mol. The number of hydrogen-bond acceptors (Lipinski definition) is 15. The van der Waals surface area contributed by atoms with E-state index in [0.29, 0.717) is 0 Å². The average molecular weight is 597 g/mol. The number of aliphatic hydroxyl groups excluding tert-OH is 5. The SMILES string of the molecule is COc1cc2c(=O)c3c(O)c(OC)c(O)cc3oc2cc1OC1OC(C)C(O)C(OC2OC(C)C(O)C(O)C2O)C1O. The van der Waals surface area contributed by atoms with Crippen LogP contribution in [0.5, 0.6) is 28.7 Å². The quantitative estimate of drug-likeness (QED) is 0.177. The van der Waals surface area contributed by atoms with Crippen LogP contribution < -0.4 is 19.6 Å². The molecule has 2 aromatic carbocycles. The summed E-state index contributed by atoms with van der Waals surface area (Å²) >= 11 is 0. The minimum atomic E-state index is -1.69. The maximum absolute atomic E-state index is 13.3. The predicted molar refractivity (Wildman–Crippen MR) is 141 cm³/mol. The summed E-state index contributed by atoms with van der Waals surface area (Å²) in [6.07, 6.45) is -14.1. The van der Waals surface area contributed by atoms with E-state index >= 15 is 0 Å². The zero-order valence-electron chi connectivity index (χ0n) is 22.9. The molecule has 0 radical (unpaired) electrons. The fourth-order valence-corrected chi connectivity index (χ4v) is 5.08. The largest absolute Gasteiger partial charge is 0.504 e. The second kappa shape index (κ2) is 11.3. The molecule has 2 fully saturated rings. The van der Waals surface area contributed by atoms with Crippen molar-refractivity contribution in [2.45, 2.75) is 75.3 Å². The Hall–Kier alpha value is -3.41. The number of fused-ring (bicyclic) bond motifs is 2. The molecule has 3 aromatic rings. The van der Waals surface area contributed by atoms with E-state index in [-0.39, 0.29) is 39.2 Å². The van der Waals surface area contributed by atoms with Crippen molar-refractivity contribution in [2.24, 2.45) is 0 Å². The van der Waals surface area contributed by atoms with E-state index < -0.39 is 78.3 Å². The van der Waals surface area contributed by atoms with Crippen molar-refractivity contribution in [1.82, 2.24) is 0 Å². The standard InChI is InChI=1S/C27H32O15/c1-8-17(29)21(33)22(34)26(38-8)42-25-18(30)9(2)39-27(23(25)35)41-14-7-12-10(5-13(14)36-3)19(31)16-15(40-12)6-11(28)24(37-4)20(16)32/h5-9,17-18,21-23,25-30,32-35H,1-4H3. The molecule has 10 unspecified atom stereocenters. The third-order valence-electron chi connectivity index (χ3n) is 7.48. The zero-order valence-corrected chi connectivity index (χ0v) is 22.9. The van der Waals surface area contributed by atoms with Crippen molar-refractivity contribution in [3.63, 3.8) is 0 Å². The van der Waals surface area contributed by atoms with Gasteiger partial charge in [-0.1, -0.05) is 0 Å². The van der Waals surface area contributed by atoms with E-state index in [1.54, 1.807) is 0 Å². The van der Waals surface area contributed by atoms with Crippen molar-refractivity contribution in [3.8, 4) is 28.7 Å². The van der Waals surface area contributed by atoms with Crippen LogP contribution in [-0.2, 0) is 14.2 Å². The van der Waals surface area contributed by atoms with Crippen LogP contribution in [0.2, 0.25) is 0 Å². The lowest BCUT2D eigenvalue weighted by molar-refractivity contribution is -0.346. The third-order valence-corrected chi connectivity index (χ3v) is 7.48. The second-order valence-electron chi connectivity index (χ2n) is 10.2. The fourth-order valence-electron chi connectivity index (χ4n) is 5.08. The Morgan fingerprint density at radius 1 is 0.738 bits per heavy atom. The van der Waals surface area contributed by atoms with E-state index in [1.807, 2.05) is 0 Å². The molecule has 0 aliphatic carbocycles. The predicted octanol–water partition coefficient (Wildman–Crippen LogP) is -0.567. The number of methoxy groups -OCH3 is 2. The Labute approximate surface area is 237 Å². The van der Waals surface area contributed by atoms with E-state index in [1.165, 1.54) is 40.2 Å². The molecule has 15 nitrogen and oxygen atoms in total. The van der Waals surface area contributed by atoms with Gasteiger partial charge in [0.05, 0.1) is 31.8 Å². The van der Waals surface area contributed by atoms with Gasteiger partial charge in [0.1, 0.15) is 53.2 Å². The van der Waals surface area contributed by atoms with Crippen molar-refractivity contribution >= 4 is 21.9 Å². The summed E-state index contributed by atoms with van der Waals surface area (Å²) in [6, 6.07) is 3.68. The van der Waals surface area contributed by atoms with E-state index in [4.69, 9.17) is 32.8 Å². The summed E-state index contributed by atoms with van der Waals surface area (Å²) in [5.41, 5.74) is -0.830. The van der Waals surface area contributed by atoms with Gasteiger partial charge in [-0.3, -0.25) is 4.79 Å². The molecule has 1 aromatic heterocycles. The molecular weight excluding hydrogens is 564 g/mol. The topological polar surface area (TPSA) is 227 Å². The third kappa shape index (κ3) is 4.97. The number of benzene rings is 2. The molecule has 0 spiro atoms. The summed E-state index contributed by atoms with van der Waals surface area (Å²) in [5.74, 6) is -1.41. The average Bonchev–Trinajstić information content (AvgIpc) is 2.95. The maximum Gasteiger partial charge on any atom is 0.229 e. The smallest absolute Gasteiger partial charge is 0.229 e. The van der Waals surface area contributed by atoms with Gasteiger partial charge in [0.25, 0.3) is 0 Å². The normalized spacial score (nSPS) is 33.5. The molecule has 2 aliphatic heterocycles. The van der Waals surface area contributed by atoms with Crippen molar-refractivity contribution in [2.75, 3.05) is 14.2 Å². The van der Waals surface area contributed by atoms with Gasteiger partial charge in [-0.25, -0.2) is 0 Å². The number of hydrogen-bond donors (Lipinski definition) is 7. The van der Waals surface area contributed by atoms with Crippen LogP contribution in [0.25, 0.3) is 21.9 Å². The van der Waals surface area contributed by atoms with Gasteiger partial charge < -0.3 is 68.6 Å². The van der Waals surface area contributed by atoms with Gasteiger partial charge >= 0.3 is 0 Å². The van der Waals surface area contributed by atoms with Gasteiger partial charge in [0.15, 0.2) is 29.3 Å². The first-order valence-electron chi connectivity index (χ1n) is 13.0. The molecule has 10 atom stereocenters. The first-order chi connectivity index (χ1) is 19.9. The summed E-state index contributed by atoms with van der Waals surface area (Å²) in [4.78, 5) is 13.3. The maximum atomic E-state index is 13.3.